The van der Waals surface area contributed by atoms with E-state index in [1.807, 2.05) is 0 Å². The van der Waals surface area contributed by atoms with Gasteiger partial charge in [0, 0.05) is 18.3 Å². The summed E-state index contributed by atoms with van der Waals surface area (Å²) in [5.41, 5.74) is 0. The summed E-state index contributed by atoms with van der Waals surface area (Å²) < 4.78 is 48.9. The number of hydrogen-bond acceptors (Lipinski definition) is 2. The van der Waals surface area contributed by atoms with Crippen LogP contribution < -0.4 is 0 Å². The Labute approximate surface area is 188 Å². The Bertz CT molecular complexity index is 472. The Morgan fingerprint density at radius 3 is 1.77 bits per heavy atom. The van der Waals surface area contributed by atoms with Crippen LogP contribution in [0.1, 0.15) is 110 Å². The Morgan fingerprint density at radius 2 is 1.19 bits per heavy atom. The zero-order valence-corrected chi connectivity index (χ0v) is 19.6. The van der Waals surface area contributed by atoms with Gasteiger partial charge in [-0.25, -0.2) is 0 Å². The third kappa shape index (κ3) is 8.87. The third-order valence-electron chi connectivity index (χ3n) is 8.29. The molecule has 31 heavy (non-hydrogen) atoms. The minimum absolute atomic E-state index is 0.118. The molecule has 0 bridgehead atoms. The van der Waals surface area contributed by atoms with Crippen molar-refractivity contribution in [3.05, 3.63) is 0 Å². The van der Waals surface area contributed by atoms with E-state index in [2.05, 4.69) is 6.92 Å². The molecule has 3 fully saturated rings. The molecule has 5 heteroatoms. The molecule has 0 radical (unpaired) electrons. The monoisotopic (exact) mass is 446 g/mol. The average molecular weight is 447 g/mol. The number of ether oxygens (including phenoxy) is 2. The summed E-state index contributed by atoms with van der Waals surface area (Å²) in [4.78, 5) is 0. The predicted octanol–water partition coefficient (Wildman–Crippen LogP) is 8.29. The number of unbranched alkanes of at least 4 members (excludes halogenated alkanes) is 3. The maximum Gasteiger partial charge on any atom is 0.389 e. The van der Waals surface area contributed by atoms with Gasteiger partial charge in [-0.05, 0) is 69.1 Å². The SMILES string of the molecule is CCCCCC[C@H]1CC[C@H](C2CCC([C@H]3OC[C@H](CCCC(F)(F)F)CO3)CC2)CC1. The Morgan fingerprint density at radius 1 is 0.645 bits per heavy atom. The summed E-state index contributed by atoms with van der Waals surface area (Å²) in [5.74, 6) is 3.39. The van der Waals surface area contributed by atoms with E-state index in [0.717, 1.165) is 17.8 Å². The van der Waals surface area contributed by atoms with Gasteiger partial charge in [0.05, 0.1) is 13.2 Å². The molecule has 0 N–H and O–H groups in total. The second kappa shape index (κ2) is 12.8. The largest absolute Gasteiger partial charge is 0.389 e. The van der Waals surface area contributed by atoms with Gasteiger partial charge in [-0.15, -0.1) is 0 Å². The molecular weight excluding hydrogens is 401 g/mol. The number of halogens is 3. The molecule has 0 aromatic rings. The van der Waals surface area contributed by atoms with Crippen molar-refractivity contribution in [2.75, 3.05) is 13.2 Å². The molecule has 2 saturated carbocycles. The first-order chi connectivity index (χ1) is 14.9. The van der Waals surface area contributed by atoms with E-state index in [1.165, 1.54) is 83.5 Å². The summed E-state index contributed by atoms with van der Waals surface area (Å²) in [7, 11) is 0. The lowest BCUT2D eigenvalue weighted by Gasteiger charge is -2.41. The molecule has 1 saturated heterocycles. The first kappa shape index (κ1) is 25.3. The van der Waals surface area contributed by atoms with Crippen molar-refractivity contribution in [2.24, 2.45) is 29.6 Å². The van der Waals surface area contributed by atoms with Crippen LogP contribution in [0.4, 0.5) is 13.2 Å². The van der Waals surface area contributed by atoms with Gasteiger partial charge in [0.1, 0.15) is 0 Å². The van der Waals surface area contributed by atoms with E-state index < -0.39 is 12.6 Å². The highest BCUT2D eigenvalue weighted by Gasteiger charge is 2.36. The second-order valence-corrected chi connectivity index (χ2v) is 10.7. The van der Waals surface area contributed by atoms with E-state index in [-0.39, 0.29) is 18.6 Å². The van der Waals surface area contributed by atoms with Gasteiger partial charge in [0.15, 0.2) is 6.29 Å². The van der Waals surface area contributed by atoms with Crippen LogP contribution in [0.3, 0.4) is 0 Å². The van der Waals surface area contributed by atoms with Gasteiger partial charge in [0.2, 0.25) is 0 Å². The van der Waals surface area contributed by atoms with Gasteiger partial charge >= 0.3 is 6.18 Å². The fourth-order valence-electron chi connectivity index (χ4n) is 6.28. The second-order valence-electron chi connectivity index (χ2n) is 10.7. The zero-order chi connectivity index (χ0) is 22.1. The highest BCUT2D eigenvalue weighted by Crippen LogP contribution is 2.43. The molecule has 3 aliphatic rings. The van der Waals surface area contributed by atoms with Crippen molar-refractivity contribution in [3.63, 3.8) is 0 Å². The molecule has 0 amide bonds. The lowest BCUT2D eigenvalue weighted by Crippen LogP contribution is -2.39. The van der Waals surface area contributed by atoms with E-state index in [1.54, 1.807) is 0 Å². The maximum absolute atomic E-state index is 12.3. The summed E-state index contributed by atoms with van der Waals surface area (Å²) >= 11 is 0. The van der Waals surface area contributed by atoms with Gasteiger partial charge in [-0.3, -0.25) is 0 Å². The number of hydrogen-bond donors (Lipinski definition) is 0. The Hall–Kier alpha value is -0.290. The van der Waals surface area contributed by atoms with Gasteiger partial charge in [-0.2, -0.15) is 13.2 Å². The molecule has 3 rings (SSSR count). The van der Waals surface area contributed by atoms with Gasteiger partial charge < -0.3 is 9.47 Å². The minimum Gasteiger partial charge on any atom is -0.352 e. The highest BCUT2D eigenvalue weighted by atomic mass is 19.4. The molecule has 182 valence electrons. The quantitative estimate of drug-likeness (QED) is 0.314. The maximum atomic E-state index is 12.3. The Kier molecular flexibility index (Phi) is 10.5. The fraction of sp³-hybridized carbons (Fsp3) is 1.00. The highest BCUT2D eigenvalue weighted by molar-refractivity contribution is 4.83. The smallest absolute Gasteiger partial charge is 0.352 e. The standard InChI is InChI=1S/C26H45F3O2/c1-2-3-4-5-7-20-9-11-22(12-10-20)23-13-15-24(16-14-23)25-30-18-21(19-31-25)8-6-17-26(27,28)29/h20-25H,2-19H2,1H3/t20-,21-,22-,23?,24?,25-. The van der Waals surface area contributed by atoms with Crippen molar-refractivity contribution < 1.29 is 22.6 Å². The van der Waals surface area contributed by atoms with Crippen LogP contribution in [0.25, 0.3) is 0 Å². The fourth-order valence-corrected chi connectivity index (χ4v) is 6.28. The van der Waals surface area contributed by atoms with Crippen LogP contribution in [-0.2, 0) is 9.47 Å². The lowest BCUT2D eigenvalue weighted by atomic mass is 9.68. The van der Waals surface area contributed by atoms with E-state index in [9.17, 15) is 13.2 Å². The lowest BCUT2D eigenvalue weighted by molar-refractivity contribution is -0.231. The molecule has 0 aromatic carbocycles. The Balaban J connectivity index is 1.27. The van der Waals surface area contributed by atoms with E-state index in [0.29, 0.717) is 25.6 Å². The normalized spacial score (nSPS) is 35.2. The third-order valence-corrected chi connectivity index (χ3v) is 8.29. The topological polar surface area (TPSA) is 18.5 Å². The summed E-state index contributed by atoms with van der Waals surface area (Å²) in [6, 6.07) is 0. The van der Waals surface area contributed by atoms with Crippen LogP contribution in [0.2, 0.25) is 0 Å². The van der Waals surface area contributed by atoms with Gasteiger partial charge in [0.25, 0.3) is 0 Å². The van der Waals surface area contributed by atoms with Crippen molar-refractivity contribution >= 4 is 0 Å². The minimum atomic E-state index is -4.05. The first-order valence-corrected chi connectivity index (χ1v) is 13.2. The van der Waals surface area contributed by atoms with Crippen molar-refractivity contribution in [2.45, 2.75) is 122 Å². The van der Waals surface area contributed by atoms with Crippen LogP contribution in [0, 0.1) is 29.6 Å². The molecule has 1 aliphatic heterocycles. The molecular formula is C26H45F3O2. The average Bonchev–Trinajstić information content (AvgIpc) is 2.77. The van der Waals surface area contributed by atoms with Crippen molar-refractivity contribution in [1.29, 1.82) is 0 Å². The van der Waals surface area contributed by atoms with Crippen LogP contribution in [0.5, 0.6) is 0 Å². The molecule has 1 heterocycles. The van der Waals surface area contributed by atoms with Crippen LogP contribution in [-0.4, -0.2) is 25.7 Å². The molecule has 2 nitrogen and oxygen atoms in total. The van der Waals surface area contributed by atoms with Crippen LogP contribution >= 0.6 is 0 Å². The molecule has 2 aliphatic carbocycles. The zero-order valence-electron chi connectivity index (χ0n) is 19.6. The molecule has 0 aromatic heterocycles. The number of alkyl halides is 3. The summed E-state index contributed by atoms with van der Waals surface area (Å²) in [5, 5.41) is 0. The molecule has 0 unspecified atom stereocenters. The van der Waals surface area contributed by atoms with Gasteiger partial charge in [-0.1, -0.05) is 51.9 Å². The molecule has 0 spiro atoms. The predicted molar refractivity (Wildman–Crippen MR) is 119 cm³/mol. The summed E-state index contributed by atoms with van der Waals surface area (Å²) in [6.45, 7) is 3.40. The first-order valence-electron chi connectivity index (χ1n) is 13.2. The van der Waals surface area contributed by atoms with Crippen molar-refractivity contribution in [1.82, 2.24) is 0 Å². The number of rotatable bonds is 10. The van der Waals surface area contributed by atoms with Crippen LogP contribution in [0.15, 0.2) is 0 Å². The molecule has 0 atom stereocenters. The van der Waals surface area contributed by atoms with Crippen molar-refractivity contribution in [3.8, 4) is 0 Å². The van der Waals surface area contributed by atoms with E-state index >= 15 is 0 Å². The van der Waals surface area contributed by atoms with E-state index in [4.69, 9.17) is 9.47 Å². The summed E-state index contributed by atoms with van der Waals surface area (Å²) in [6.07, 6.45) is 13.6.